The highest BCUT2D eigenvalue weighted by atomic mass is 19.2. The van der Waals surface area contributed by atoms with Crippen LogP contribution < -0.4 is 49.5 Å². The number of carbonyl (C=O) groups is 7. The molecular formula is C86H65F24N13O24. The maximum Gasteiger partial charge on any atom is 0.343 e. The van der Waals surface area contributed by atoms with Crippen molar-refractivity contribution in [2.45, 2.75) is 140 Å². The van der Waals surface area contributed by atoms with Crippen LogP contribution in [-0.4, -0.2) is 179 Å². The number of hydrogen-bond acceptors (Lipinski definition) is 28. The average Bonchev–Trinajstić information content (AvgIpc) is 1.70. The number of aromatic carboxylic acids is 2. The lowest BCUT2D eigenvalue weighted by atomic mass is 10.0. The third kappa shape index (κ3) is 21.2. The second-order valence-electron chi connectivity index (χ2n) is 31.9. The van der Waals surface area contributed by atoms with E-state index in [1.54, 1.807) is 0 Å². The van der Waals surface area contributed by atoms with Crippen molar-refractivity contribution in [2.24, 2.45) is 10.7 Å². The molecule has 6 fully saturated rings. The number of hydrogen-bond donors (Lipinski definition) is 7. The molecule has 5 heterocycles. The van der Waals surface area contributed by atoms with Gasteiger partial charge in [0.2, 0.25) is 56.6 Å². The summed E-state index contributed by atoms with van der Waals surface area (Å²) >= 11 is 0. The number of carbonyl (C=O) groups excluding carboxylic acids is 5. The molecule has 61 heteroatoms. The van der Waals surface area contributed by atoms with E-state index in [4.69, 9.17) is 32.8 Å². The molecule has 37 nitrogen and oxygen atoms in total. The summed E-state index contributed by atoms with van der Waals surface area (Å²) in [5, 5.41) is 57.8. The minimum absolute atomic E-state index is 0.00167. The minimum Gasteiger partial charge on any atom is -0.506 e. The van der Waals surface area contributed by atoms with Crippen molar-refractivity contribution in [1.29, 1.82) is 0 Å². The van der Waals surface area contributed by atoms with Crippen LogP contribution in [0.3, 0.4) is 0 Å². The van der Waals surface area contributed by atoms with Crippen molar-refractivity contribution in [2.75, 3.05) is 61.6 Å². The van der Waals surface area contributed by atoms with E-state index in [-0.39, 0.29) is 76.6 Å². The highest BCUT2D eigenvalue weighted by Gasteiger charge is 2.49. The van der Waals surface area contributed by atoms with E-state index >= 15 is 4.39 Å². The molecule has 16 rings (SSSR count). The van der Waals surface area contributed by atoms with Crippen LogP contribution in [0.5, 0.6) is 0 Å². The van der Waals surface area contributed by atoms with Crippen molar-refractivity contribution in [3.63, 3.8) is 0 Å². The first-order chi connectivity index (χ1) is 68.8. The SMILES string of the molecule is CCOC(=O)C(C=NC1CC1F)=C(O)c1c(F)c(F)c(F)c(F)c1[N+](=O)[O-].CCOC(=O)CC(=O)c1c(F)c(F)c(F)c(F)c1[N+](=O)[O-].CCOC(=O)c1cn(C2CC2F)c2c(F)c(F)c(F)c(N)c2c1=O.CCOC(=O)c1cn(C2CC2F)c2c(F)c(F)c(F)c([N+](=O)[O-])c2c1=O.Nc1c(F)c(F)c(F)c2c1c(=O)c(C(=O)O)cn2C1CC1F.Nc1c(F)c(N2CC[C@H](N)C2)c(F)c2c1c(=O)c(C(=O)O)cn2C1CC1F. The molecule has 6 aromatic carbocycles. The van der Waals surface area contributed by atoms with Gasteiger partial charge in [0, 0.05) is 82.2 Å². The summed E-state index contributed by atoms with van der Waals surface area (Å²) in [6.07, 6.45) is -3.93. The van der Waals surface area contributed by atoms with Gasteiger partial charge in [0.15, 0.2) is 81.4 Å². The largest absolute Gasteiger partial charge is 0.506 e. The number of aliphatic imine (C=N–C) groups is 1. The molecule has 786 valence electrons. The van der Waals surface area contributed by atoms with Crippen molar-refractivity contribution >= 4 is 137 Å². The zero-order valence-corrected chi connectivity index (χ0v) is 74.3. The van der Waals surface area contributed by atoms with Gasteiger partial charge < -0.3 is 80.4 Å². The number of nitrogen functional groups attached to an aromatic ring is 3. The normalized spacial score (nSPS) is 19.2. The summed E-state index contributed by atoms with van der Waals surface area (Å²) in [6, 6.07) is -4.91. The molecule has 0 amide bonds. The van der Waals surface area contributed by atoms with Gasteiger partial charge in [-0.25, -0.2) is 116 Å². The summed E-state index contributed by atoms with van der Waals surface area (Å²) in [7, 11) is 0. The third-order valence-electron chi connectivity index (χ3n) is 22.4. The maximum atomic E-state index is 15.4. The van der Waals surface area contributed by atoms with Crippen LogP contribution in [0.15, 0.2) is 54.5 Å². The van der Waals surface area contributed by atoms with E-state index in [9.17, 15) is 194 Å². The minimum atomic E-state index is -2.47. The van der Waals surface area contributed by atoms with Gasteiger partial charge in [-0.2, -0.15) is 13.2 Å². The highest BCUT2D eigenvalue weighted by Crippen LogP contribution is 2.49. The highest BCUT2D eigenvalue weighted by molar-refractivity contribution is 6.16. The number of carboxylic acid groups (broad SMARTS) is 2. The van der Waals surface area contributed by atoms with E-state index in [0.29, 0.717) is 23.7 Å². The van der Waals surface area contributed by atoms with Crippen molar-refractivity contribution in [3.05, 3.63) is 246 Å². The van der Waals surface area contributed by atoms with Crippen LogP contribution in [-0.2, 0) is 28.5 Å². The molecular weight excluding hydrogens is 2050 g/mol. The number of ether oxygens (including phenoxy) is 4. The second kappa shape index (κ2) is 43.2. The molecule has 0 spiro atoms. The molecule has 0 bridgehead atoms. The quantitative estimate of drug-likeness (QED) is 0.00250. The topological polar surface area (TPSA) is 554 Å². The number of fused-ring (bicyclic) bond motifs is 4. The van der Waals surface area contributed by atoms with Gasteiger partial charge in [0.05, 0.1) is 127 Å². The van der Waals surface area contributed by atoms with Gasteiger partial charge in [-0.1, -0.05) is 0 Å². The number of nitro benzene ring substituents is 3. The van der Waals surface area contributed by atoms with Gasteiger partial charge >= 0.3 is 52.9 Å². The van der Waals surface area contributed by atoms with Crippen molar-refractivity contribution in [1.82, 2.24) is 18.3 Å². The lowest BCUT2D eigenvalue weighted by molar-refractivity contribution is -0.388. The average molecular weight is 2120 g/mol. The molecule has 1 saturated heterocycles. The number of nitrogens with two attached hydrogens (primary N) is 4. The molecule has 5 aliphatic carbocycles. The van der Waals surface area contributed by atoms with Crippen molar-refractivity contribution in [3.8, 4) is 0 Å². The Morgan fingerprint density at radius 3 is 1.05 bits per heavy atom. The number of pyridine rings is 4. The Bertz CT molecular complexity index is 7640. The van der Waals surface area contributed by atoms with Crippen LogP contribution in [0, 0.1) is 141 Å². The van der Waals surface area contributed by atoms with E-state index in [1.165, 1.54) is 32.6 Å². The van der Waals surface area contributed by atoms with Crippen molar-refractivity contribution < 1.29 is 188 Å². The molecule has 1 aliphatic heterocycles. The Morgan fingerprint density at radius 2 is 0.714 bits per heavy atom. The van der Waals surface area contributed by atoms with Crippen LogP contribution in [0.25, 0.3) is 49.4 Å². The first-order valence-corrected chi connectivity index (χ1v) is 41.9. The molecule has 11 N–H and O–H groups in total. The van der Waals surface area contributed by atoms with Gasteiger partial charge in [0.1, 0.15) is 93.1 Å². The lowest BCUT2D eigenvalue weighted by Crippen LogP contribution is -2.29. The van der Waals surface area contributed by atoms with E-state index < -0.39 is 379 Å². The Balaban J connectivity index is 0.000000168. The van der Waals surface area contributed by atoms with Gasteiger partial charge in [-0.05, 0) is 34.1 Å². The van der Waals surface area contributed by atoms with Crippen LogP contribution >= 0.6 is 0 Å². The second-order valence-corrected chi connectivity index (χ2v) is 31.9. The Hall–Kier alpha value is -16.5. The summed E-state index contributed by atoms with van der Waals surface area (Å²) in [4.78, 5) is 163. The third-order valence-corrected chi connectivity index (χ3v) is 22.4. The smallest absolute Gasteiger partial charge is 0.343 e. The summed E-state index contributed by atoms with van der Waals surface area (Å²) in [6.45, 7) is 5.57. The van der Waals surface area contributed by atoms with E-state index in [0.717, 1.165) is 38.5 Å². The number of alkyl halides is 5. The number of ketones is 1. The number of nitrogens with zero attached hydrogens (tertiary/aromatic N) is 9. The van der Waals surface area contributed by atoms with Crippen LogP contribution in [0.4, 0.5) is 145 Å². The molecule has 5 saturated carbocycles. The Kier molecular flexibility index (Phi) is 32.6. The zero-order valence-electron chi connectivity index (χ0n) is 74.3. The molecule has 11 atom stereocenters. The number of nitro groups is 3. The number of aromatic nitrogens is 4. The van der Waals surface area contributed by atoms with Crippen LogP contribution in [0.1, 0.15) is 154 Å². The molecule has 4 aromatic heterocycles. The Labute approximate surface area is 798 Å². The number of rotatable bonds is 23. The number of Topliss-reactive ketones (excluding diaryl/α,β-unsaturated/α-hetero) is 1. The zero-order chi connectivity index (χ0) is 110. The summed E-state index contributed by atoms with van der Waals surface area (Å²) in [5.41, 5.74) is -1.06. The molecule has 0 radical (unpaired) electrons. The fourth-order valence-corrected chi connectivity index (χ4v) is 14.9. The maximum absolute atomic E-state index is 15.4. The number of halogens is 24. The summed E-state index contributed by atoms with van der Waals surface area (Å²) in [5.74, 6) is -49.4. The van der Waals surface area contributed by atoms with Gasteiger partial charge in [0.25, 0.3) is 0 Å². The number of benzene rings is 6. The fraction of sp³-hybridized carbons (Fsp3) is 0.326. The Morgan fingerprint density at radius 1 is 0.408 bits per heavy atom. The fourth-order valence-electron chi connectivity index (χ4n) is 14.9. The standard InChI is InChI=1S/C17H17F3N4O3.C15H11F5N2O5.C15H10F4N2O5.C15H12F4N2O3.C13H8F4N2O3.C11H7F4NO5/c18-8-3-9(8)24-5-7(17(26)27)16(25)10-13(22)11(19)15(12(20)14(10)24)23-2-1-6(21)4-23;1-2-27-15(24)5(4-21-7-3-6(7)16)14(23)8-9(17)10(18)11(19)12(20)13(8)22(25)26;1-2-26-15(23)5-4-20(7-3-6(7)16)12-8(14(5)22)13(21(24)25)11(19)9(17)10(12)18;1-2-24-15(23)5-4-21(7-3-6(7)16)13-8(14(5)22)12(20)10(18)9(17)11(13)19;14-4-1-5(4)19-2-3(13(21)22)12(20)6-10(18)8(16)7(15)9(17)11(6)19;1-2-21-5(18)3-4(17)6-7(12)8(13)9(14)10(15)11(6)16(19)20/h5-6,8-9H,1-4,21-22H2,(H,26,27);4,6-7,23H,2-3H2,1H3;4,6-7H,2-3H2,1H3;4,6-7H,2-3,20H2,1H3;2,4-5H,1,18H2,(H,21,22);2-3H2,1H3/t6-,8?,9?;;;;;/m0...../s1. The van der Waals surface area contributed by atoms with Gasteiger partial charge in [-0.3, -0.25) is 64.1 Å². The number of esters is 4. The predicted octanol–water partition coefficient (Wildman–Crippen LogP) is 14.1. The molecule has 10 aromatic rings. The molecule has 10 unspecified atom stereocenters. The monoisotopic (exact) mass is 2120 g/mol. The first-order valence-electron chi connectivity index (χ1n) is 41.9. The van der Waals surface area contributed by atoms with Crippen LogP contribution in [0.2, 0.25) is 0 Å². The lowest BCUT2D eigenvalue weighted by Gasteiger charge is -2.23. The predicted molar refractivity (Wildman–Crippen MR) is 457 cm³/mol. The number of carboxylic acids is 2. The van der Waals surface area contributed by atoms with E-state index in [1.807, 2.05) is 0 Å². The summed E-state index contributed by atoms with van der Waals surface area (Å²) < 4.78 is 351. The number of aliphatic hydroxyl groups is 1. The molecule has 147 heavy (non-hydrogen) atoms. The number of aliphatic hydroxyl groups excluding tert-OH is 1. The van der Waals surface area contributed by atoms with E-state index in [2.05, 4.69) is 19.2 Å². The van der Waals surface area contributed by atoms with Gasteiger partial charge in [-0.15, -0.1) is 0 Å². The number of anilines is 4. The first kappa shape index (κ1) is 111. The molecule has 6 aliphatic rings.